The number of fused-ring (bicyclic) bond motifs is 1. The van der Waals surface area contributed by atoms with Crippen molar-refractivity contribution in [3.8, 4) is 10.4 Å². The summed E-state index contributed by atoms with van der Waals surface area (Å²) >= 11 is 1.61. The number of hydrogen-bond acceptors (Lipinski definition) is 6. The fourth-order valence-electron chi connectivity index (χ4n) is 1.80. The molecule has 0 atom stereocenters. The van der Waals surface area contributed by atoms with E-state index < -0.39 is 10.4 Å². The molecule has 3 rings (SSSR count). The highest BCUT2D eigenvalue weighted by Gasteiger charge is 2.13. The summed E-state index contributed by atoms with van der Waals surface area (Å²) in [5.74, 6) is 0. The largest absolute Gasteiger partial charge is 0.726 e. The molecule has 2 aromatic heterocycles. The van der Waals surface area contributed by atoms with E-state index in [4.69, 9.17) is 17.5 Å². The van der Waals surface area contributed by atoms with Crippen LogP contribution in [0.3, 0.4) is 0 Å². The van der Waals surface area contributed by atoms with Crippen molar-refractivity contribution >= 4 is 32.3 Å². The van der Waals surface area contributed by atoms with Gasteiger partial charge in [-0.05, 0) is 6.07 Å². The van der Waals surface area contributed by atoms with Gasteiger partial charge >= 0.3 is 0 Å². The Labute approximate surface area is 140 Å². The number of nitrogens with zero attached hydrogens (tertiary/aromatic N) is 2. The molecule has 3 aromatic rings. The third-order valence-corrected chi connectivity index (χ3v) is 3.78. The average Bonchev–Trinajstić information content (AvgIpc) is 2.89. The van der Waals surface area contributed by atoms with Crippen LogP contribution in [0.2, 0.25) is 0 Å². The van der Waals surface area contributed by atoms with Crippen molar-refractivity contribution in [2.45, 2.75) is 0 Å². The first-order valence-corrected chi connectivity index (χ1v) is 8.25. The molecule has 11 heteroatoms. The normalized spacial score (nSPS) is 10.4. The predicted octanol–water partition coefficient (Wildman–Crippen LogP) is 1.24. The van der Waals surface area contributed by atoms with Crippen molar-refractivity contribution in [3.63, 3.8) is 0 Å². The second-order valence-corrected chi connectivity index (χ2v) is 6.19. The molecule has 0 radical (unpaired) electrons. The lowest BCUT2D eigenvalue weighted by atomic mass is 10.2. The van der Waals surface area contributed by atoms with Crippen molar-refractivity contribution in [3.05, 3.63) is 65.0 Å². The molecule has 0 amide bonds. The van der Waals surface area contributed by atoms with Gasteiger partial charge in [0.15, 0.2) is 12.4 Å². The molecule has 0 spiro atoms. The second-order valence-electron chi connectivity index (χ2n) is 4.28. The van der Waals surface area contributed by atoms with Crippen LogP contribution in [-0.2, 0) is 10.4 Å². The Hall–Kier alpha value is -2.44. The van der Waals surface area contributed by atoms with Crippen molar-refractivity contribution in [1.82, 2.24) is 0 Å². The van der Waals surface area contributed by atoms with Gasteiger partial charge in [0.2, 0.25) is 10.4 Å². The quantitative estimate of drug-likeness (QED) is 0.234. The average molecular weight is 372 g/mol. The number of rotatable bonds is 2. The van der Waals surface area contributed by atoms with Gasteiger partial charge in [-0.25, -0.2) is 8.42 Å². The summed E-state index contributed by atoms with van der Waals surface area (Å²) in [5, 5.41) is 10.8. The first kappa shape index (κ1) is 19.6. The molecule has 9 nitrogen and oxygen atoms in total. The number of hydrogen-bond donors (Lipinski definition) is 1. The molecule has 24 heavy (non-hydrogen) atoms. The van der Waals surface area contributed by atoms with Gasteiger partial charge < -0.3 is 10.0 Å². The number of benzene rings is 1. The van der Waals surface area contributed by atoms with Gasteiger partial charge in [-0.15, -0.1) is 0 Å². The number of aromatic nitrogens is 1. The molecule has 2 heterocycles. The van der Waals surface area contributed by atoms with Gasteiger partial charge in [0, 0.05) is 29.8 Å². The van der Waals surface area contributed by atoms with Crippen LogP contribution in [0.5, 0.6) is 0 Å². The number of non-ortho nitro benzene ring substituents is 1. The van der Waals surface area contributed by atoms with Gasteiger partial charge in [-0.3, -0.25) is 14.7 Å². The van der Waals surface area contributed by atoms with Crippen LogP contribution in [0.1, 0.15) is 0 Å². The maximum atomic E-state index is 10.8. The standard InChI is InChI=1S/C13H9N2O2S.H2O4S.H2O/c16-15(17)11-5-3-4-10(8-11)12-9-14-7-2-1-6-13(14)18-12;1-5(2,3)4;/h1-9H;(H2,1,2,3,4);1H2/q+1;;/p-1. The van der Waals surface area contributed by atoms with E-state index in [1.54, 1.807) is 23.5 Å². The minimum absolute atomic E-state index is 0. The molecule has 0 saturated heterocycles. The Morgan fingerprint density at radius 2 is 1.83 bits per heavy atom. The van der Waals surface area contributed by atoms with Crippen LogP contribution in [0.15, 0.2) is 54.9 Å². The van der Waals surface area contributed by atoms with E-state index in [-0.39, 0.29) is 16.1 Å². The third kappa shape index (κ3) is 5.64. The van der Waals surface area contributed by atoms with Crippen molar-refractivity contribution in [1.29, 1.82) is 0 Å². The summed E-state index contributed by atoms with van der Waals surface area (Å²) in [5.41, 5.74) is 0.993. The van der Waals surface area contributed by atoms with Gasteiger partial charge in [-0.2, -0.15) is 4.40 Å². The molecule has 0 aliphatic carbocycles. The molecule has 0 aliphatic rings. The number of nitro groups is 1. The zero-order chi connectivity index (χ0) is 17.0. The topological polar surface area (TPSA) is 156 Å². The summed E-state index contributed by atoms with van der Waals surface area (Å²) in [7, 11) is -4.92. The highest BCUT2D eigenvalue weighted by atomic mass is 32.3. The molecular weight excluding hydrogens is 360 g/mol. The maximum absolute atomic E-state index is 10.8. The molecule has 0 unspecified atom stereocenters. The summed E-state index contributed by atoms with van der Waals surface area (Å²) < 4.78 is 34.8. The monoisotopic (exact) mass is 372 g/mol. The minimum Gasteiger partial charge on any atom is -0.726 e. The van der Waals surface area contributed by atoms with Crippen LogP contribution in [0.4, 0.5) is 5.69 Å². The SMILES string of the molecule is O.O=S(=O)([O-])O.O=[N+]([O-])c1cccc(-c2c[n+]3ccccc3s2)c1. The zero-order valence-corrected chi connectivity index (χ0v) is 13.5. The van der Waals surface area contributed by atoms with Gasteiger partial charge in [0.25, 0.3) is 10.5 Å². The van der Waals surface area contributed by atoms with E-state index in [0.29, 0.717) is 0 Å². The number of pyridine rings is 1. The van der Waals surface area contributed by atoms with Crippen LogP contribution in [-0.4, -0.2) is 27.9 Å². The Kier molecular flexibility index (Phi) is 6.45. The first-order chi connectivity index (χ1) is 10.7. The van der Waals surface area contributed by atoms with Crippen LogP contribution >= 0.6 is 11.3 Å². The van der Waals surface area contributed by atoms with E-state index in [1.165, 1.54) is 6.07 Å². The van der Waals surface area contributed by atoms with Crippen LogP contribution in [0.25, 0.3) is 15.3 Å². The lowest BCUT2D eigenvalue weighted by Crippen LogP contribution is -2.15. The molecule has 128 valence electrons. The highest BCUT2D eigenvalue weighted by molar-refractivity contribution is 7.79. The van der Waals surface area contributed by atoms with Crippen LogP contribution < -0.4 is 4.40 Å². The summed E-state index contributed by atoms with van der Waals surface area (Å²) in [6, 6.07) is 12.7. The fourth-order valence-corrected chi connectivity index (χ4v) is 2.81. The van der Waals surface area contributed by atoms with Crippen molar-refractivity contribution in [2.24, 2.45) is 0 Å². The third-order valence-electron chi connectivity index (χ3n) is 2.66. The summed E-state index contributed by atoms with van der Waals surface area (Å²) in [6.07, 6.45) is 3.95. The van der Waals surface area contributed by atoms with Crippen molar-refractivity contribution < 1.29 is 32.3 Å². The van der Waals surface area contributed by atoms with E-state index in [2.05, 4.69) is 0 Å². The maximum Gasteiger partial charge on any atom is 0.270 e. The Morgan fingerprint density at radius 1 is 1.17 bits per heavy atom. The number of thiazole rings is 1. The minimum atomic E-state index is -4.92. The predicted molar refractivity (Wildman–Crippen MR) is 85.5 cm³/mol. The van der Waals surface area contributed by atoms with Gasteiger partial charge in [-0.1, -0.05) is 23.5 Å². The second kappa shape index (κ2) is 7.90. The first-order valence-electron chi connectivity index (χ1n) is 6.07. The molecule has 0 aliphatic heterocycles. The van der Waals surface area contributed by atoms with E-state index in [1.807, 2.05) is 41.1 Å². The molecule has 0 saturated carbocycles. The molecule has 3 N–H and O–H groups in total. The molecule has 0 fully saturated rings. The number of nitro benzene ring substituents is 1. The lowest BCUT2D eigenvalue weighted by Gasteiger charge is -1.94. The van der Waals surface area contributed by atoms with E-state index in [9.17, 15) is 10.1 Å². The van der Waals surface area contributed by atoms with Gasteiger partial charge in [0.05, 0.1) is 4.92 Å². The molecule has 0 bridgehead atoms. The highest BCUT2D eigenvalue weighted by Crippen LogP contribution is 2.28. The van der Waals surface area contributed by atoms with Gasteiger partial charge in [0.1, 0.15) is 4.88 Å². The van der Waals surface area contributed by atoms with Crippen molar-refractivity contribution in [2.75, 3.05) is 0 Å². The van der Waals surface area contributed by atoms with E-state index >= 15 is 0 Å². The Morgan fingerprint density at radius 3 is 2.42 bits per heavy atom. The van der Waals surface area contributed by atoms with Crippen LogP contribution in [0, 0.1) is 10.1 Å². The smallest absolute Gasteiger partial charge is 0.270 e. The lowest BCUT2D eigenvalue weighted by molar-refractivity contribution is -0.506. The molecule has 1 aromatic carbocycles. The Bertz CT molecular complexity index is 913. The zero-order valence-electron chi connectivity index (χ0n) is 11.9. The van der Waals surface area contributed by atoms with E-state index in [0.717, 1.165) is 15.3 Å². The summed E-state index contributed by atoms with van der Waals surface area (Å²) in [4.78, 5) is 12.5. The Balaban J connectivity index is 0.000000425. The fraction of sp³-hybridized carbons (Fsp3) is 0. The summed E-state index contributed by atoms with van der Waals surface area (Å²) in [6.45, 7) is 0. The molecular formula is C13H12N2O7S2.